The number of pyridine rings is 1. The van der Waals surface area contributed by atoms with E-state index < -0.39 is 0 Å². The molecule has 0 bridgehead atoms. The summed E-state index contributed by atoms with van der Waals surface area (Å²) in [6.45, 7) is 2.33. The average Bonchev–Trinajstić information content (AvgIpc) is 3.69. The second-order valence-electron chi connectivity index (χ2n) is 14.2. The number of aromatic nitrogens is 3. The van der Waals surface area contributed by atoms with Crippen LogP contribution in [0.5, 0.6) is 0 Å². The van der Waals surface area contributed by atoms with Gasteiger partial charge in [-0.1, -0.05) is 121 Å². The van der Waals surface area contributed by atoms with Gasteiger partial charge in [0.1, 0.15) is 0 Å². The number of hydrogen-bond acceptors (Lipinski definition) is 1. The highest BCUT2D eigenvalue weighted by Gasteiger charge is 2.42. The fraction of sp³-hybridized carbons (Fsp3) is 0.0217. The summed E-state index contributed by atoms with van der Waals surface area (Å²) in [4.78, 5) is 5.58. The topological polar surface area (TPSA) is 22.8 Å². The van der Waals surface area contributed by atoms with Crippen molar-refractivity contribution in [3.8, 4) is 11.4 Å². The number of benzene rings is 8. The van der Waals surface area contributed by atoms with Gasteiger partial charge in [0.2, 0.25) is 0 Å². The largest absolute Gasteiger partial charge is 0.310 e. The van der Waals surface area contributed by atoms with Crippen molar-refractivity contribution in [2.24, 2.45) is 0 Å². The first-order chi connectivity index (χ1) is 24.8. The van der Waals surface area contributed by atoms with Gasteiger partial charge < -0.3 is 9.13 Å². The molecule has 3 nitrogen and oxygen atoms in total. The maximum Gasteiger partial charge on any atom is 0.252 e. The Kier molecular flexibility index (Phi) is 4.41. The Labute approximate surface area is 286 Å². The summed E-state index contributed by atoms with van der Waals surface area (Å²) in [5, 5.41) is 13.9. The van der Waals surface area contributed by atoms with Crippen LogP contribution in [0.3, 0.4) is 0 Å². The highest BCUT2D eigenvalue weighted by molar-refractivity contribution is 7.00. The lowest BCUT2D eigenvalue weighted by Crippen LogP contribution is -2.59. The highest BCUT2D eigenvalue weighted by Crippen LogP contribution is 2.44. The fourth-order valence-corrected chi connectivity index (χ4v) is 10.1. The van der Waals surface area contributed by atoms with Gasteiger partial charge in [-0.05, 0) is 63.1 Å². The van der Waals surface area contributed by atoms with Crippen LogP contribution in [0.1, 0.15) is 5.69 Å². The van der Waals surface area contributed by atoms with Crippen LogP contribution >= 0.6 is 0 Å². The highest BCUT2D eigenvalue weighted by atomic mass is 15.0. The minimum Gasteiger partial charge on any atom is -0.310 e. The number of nitrogens with zero attached hydrogens (tertiary/aromatic N) is 3. The van der Waals surface area contributed by atoms with E-state index in [1.807, 2.05) is 0 Å². The maximum atomic E-state index is 5.58. The van der Waals surface area contributed by atoms with Crippen molar-refractivity contribution in [3.63, 3.8) is 0 Å². The summed E-state index contributed by atoms with van der Waals surface area (Å²) in [6, 6.07) is 52.1. The van der Waals surface area contributed by atoms with Crippen LogP contribution in [-0.4, -0.2) is 20.8 Å². The molecule has 0 atom stereocenters. The number of fused-ring (bicyclic) bond motifs is 18. The summed E-state index contributed by atoms with van der Waals surface area (Å²) >= 11 is 0. The Balaban J connectivity index is 1.34. The molecule has 8 aromatic carbocycles. The summed E-state index contributed by atoms with van der Waals surface area (Å²) in [5.74, 6) is 0. The van der Waals surface area contributed by atoms with Crippen LogP contribution in [-0.2, 0) is 0 Å². The molecule has 11 aromatic rings. The van der Waals surface area contributed by atoms with Crippen LogP contribution in [0.15, 0.2) is 140 Å². The van der Waals surface area contributed by atoms with E-state index in [4.69, 9.17) is 4.98 Å². The third-order valence-corrected chi connectivity index (χ3v) is 12.0. The predicted molar refractivity (Wildman–Crippen MR) is 212 cm³/mol. The maximum absolute atomic E-state index is 5.58. The monoisotopic (exact) mass is 631 g/mol. The zero-order chi connectivity index (χ0) is 32.4. The lowest BCUT2D eigenvalue weighted by molar-refractivity contribution is 1.15. The minimum atomic E-state index is 0.0982. The fourth-order valence-electron chi connectivity index (χ4n) is 10.1. The molecule has 13 rings (SSSR count). The number of aryl methyl sites for hydroxylation is 1. The summed E-state index contributed by atoms with van der Waals surface area (Å²) in [5.41, 5.74) is 13.9. The van der Waals surface area contributed by atoms with Gasteiger partial charge in [-0.3, -0.25) is 4.98 Å². The summed E-state index contributed by atoms with van der Waals surface area (Å²) < 4.78 is 5.16. The van der Waals surface area contributed by atoms with Gasteiger partial charge in [-0.15, -0.1) is 0 Å². The molecule has 0 saturated heterocycles. The van der Waals surface area contributed by atoms with E-state index in [0.29, 0.717) is 0 Å². The number of hydrogen-bond donors (Lipinski definition) is 0. The first-order valence-electron chi connectivity index (χ1n) is 17.5. The smallest absolute Gasteiger partial charge is 0.252 e. The van der Waals surface area contributed by atoms with E-state index >= 15 is 0 Å². The first-order valence-corrected chi connectivity index (χ1v) is 17.5. The first kappa shape index (κ1) is 25.6. The van der Waals surface area contributed by atoms with E-state index in [1.54, 1.807) is 0 Å². The SMILES string of the molecule is Cc1nc2c(ccc3ccc4ccccc4c32)c2cc3c4c(c12)-n1c2ccccc2c2cccc(c21)B4c1cccc2c4ccccc4n-3c12. The van der Waals surface area contributed by atoms with Gasteiger partial charge in [-0.2, -0.15) is 0 Å². The zero-order valence-corrected chi connectivity index (χ0v) is 27.2. The molecule has 0 radical (unpaired) electrons. The summed E-state index contributed by atoms with van der Waals surface area (Å²) in [7, 11) is 0. The van der Waals surface area contributed by atoms with Crippen LogP contribution < -0.4 is 16.4 Å². The molecule has 2 aliphatic heterocycles. The van der Waals surface area contributed by atoms with Crippen molar-refractivity contribution in [1.29, 1.82) is 0 Å². The van der Waals surface area contributed by atoms with Gasteiger partial charge in [0, 0.05) is 60.1 Å². The molecule has 5 heterocycles. The zero-order valence-electron chi connectivity index (χ0n) is 27.2. The molecule has 0 unspecified atom stereocenters. The van der Waals surface area contributed by atoms with Crippen LogP contribution in [0.25, 0.3) is 98.2 Å². The standard InChI is InChI=1S/C46H26BN3/c1-25-40-34(31-23-22-27-21-20-26-10-2-3-11-28(26)41(27)43(31)48-25)24-39-42-46(40)50-38-19-7-5-13-30(38)33-15-9-17-36(45(33)50)47(42)35-16-8-14-32-29-12-4-6-18-37(29)49(39)44(32)35/h2-24H,1H3. The van der Waals surface area contributed by atoms with Gasteiger partial charge in [0.25, 0.3) is 6.71 Å². The second-order valence-corrected chi connectivity index (χ2v) is 14.2. The van der Waals surface area contributed by atoms with Gasteiger partial charge >= 0.3 is 0 Å². The Hall–Kier alpha value is -6.39. The lowest BCUT2D eigenvalue weighted by atomic mass is 9.34. The van der Waals surface area contributed by atoms with Gasteiger partial charge in [0.15, 0.2) is 0 Å². The molecule has 2 aliphatic rings. The van der Waals surface area contributed by atoms with Crippen LogP contribution in [0, 0.1) is 6.92 Å². The predicted octanol–water partition coefficient (Wildman–Crippen LogP) is 9.34. The summed E-state index contributed by atoms with van der Waals surface area (Å²) in [6.07, 6.45) is 0. The third kappa shape index (κ3) is 2.80. The normalized spacial score (nSPS) is 13.3. The van der Waals surface area contributed by atoms with E-state index in [2.05, 4.69) is 156 Å². The Morgan fingerprint density at radius 3 is 1.84 bits per heavy atom. The molecule has 4 heteroatoms. The average molecular weight is 632 g/mol. The van der Waals surface area contributed by atoms with Crippen LogP contribution in [0.2, 0.25) is 0 Å². The lowest BCUT2D eigenvalue weighted by Gasteiger charge is -2.35. The van der Waals surface area contributed by atoms with E-state index in [9.17, 15) is 0 Å². The molecule has 3 aromatic heterocycles. The molecular weight excluding hydrogens is 605 g/mol. The second kappa shape index (κ2) is 8.60. The number of para-hydroxylation sites is 4. The van der Waals surface area contributed by atoms with E-state index in [0.717, 1.165) is 11.2 Å². The molecule has 0 saturated carbocycles. The Morgan fingerprint density at radius 1 is 0.480 bits per heavy atom. The molecule has 228 valence electrons. The Bertz CT molecular complexity index is 3400. The van der Waals surface area contributed by atoms with Crippen molar-refractivity contribution in [2.75, 3.05) is 0 Å². The quantitative estimate of drug-likeness (QED) is 0.121. The molecule has 0 aliphatic carbocycles. The molecule has 0 fully saturated rings. The van der Waals surface area contributed by atoms with Crippen LogP contribution in [0.4, 0.5) is 0 Å². The molecule has 0 N–H and O–H groups in total. The number of rotatable bonds is 0. The van der Waals surface area contributed by atoms with E-state index in [1.165, 1.54) is 109 Å². The molecule has 0 amide bonds. The van der Waals surface area contributed by atoms with Crippen molar-refractivity contribution in [1.82, 2.24) is 14.1 Å². The molecule has 50 heavy (non-hydrogen) atoms. The van der Waals surface area contributed by atoms with E-state index in [-0.39, 0.29) is 6.71 Å². The molecular formula is C46H26BN3. The van der Waals surface area contributed by atoms with Crippen molar-refractivity contribution in [3.05, 3.63) is 145 Å². The minimum absolute atomic E-state index is 0.0982. The van der Waals surface area contributed by atoms with Crippen molar-refractivity contribution >= 4 is 110 Å². The Morgan fingerprint density at radius 2 is 1.08 bits per heavy atom. The van der Waals surface area contributed by atoms with Gasteiger partial charge in [-0.25, -0.2) is 0 Å². The van der Waals surface area contributed by atoms with Gasteiger partial charge in [0.05, 0.1) is 22.2 Å². The third-order valence-electron chi connectivity index (χ3n) is 12.0. The van der Waals surface area contributed by atoms with Crippen molar-refractivity contribution < 1.29 is 0 Å². The molecule has 0 spiro atoms. The van der Waals surface area contributed by atoms with Crippen molar-refractivity contribution in [2.45, 2.75) is 6.92 Å².